The molecule has 2 saturated heterocycles. The smallest absolute Gasteiger partial charge is 0.323 e. The van der Waals surface area contributed by atoms with Gasteiger partial charge in [-0.2, -0.15) is 4.31 Å². The van der Waals surface area contributed by atoms with Crippen LogP contribution < -0.4 is 5.32 Å². The van der Waals surface area contributed by atoms with Crippen LogP contribution in [0, 0.1) is 11.6 Å². The fraction of sp³-hybridized carbons (Fsp3) is 0.391. The zero-order valence-electron chi connectivity index (χ0n) is 18.3. The Morgan fingerprint density at radius 2 is 1.56 bits per heavy atom. The molecule has 2 heterocycles. The molecule has 3 amide bonds. The van der Waals surface area contributed by atoms with Crippen molar-refractivity contribution in [3.8, 4) is 0 Å². The largest absolute Gasteiger partial charge is 0.326 e. The van der Waals surface area contributed by atoms with Crippen molar-refractivity contribution in [2.24, 2.45) is 0 Å². The van der Waals surface area contributed by atoms with Crippen LogP contribution in [0.4, 0.5) is 13.6 Å². The van der Waals surface area contributed by atoms with E-state index in [2.05, 4.69) is 5.32 Å². The highest BCUT2D eigenvalue weighted by atomic mass is 32.2. The van der Waals surface area contributed by atoms with Crippen LogP contribution in [0.3, 0.4) is 0 Å². The minimum absolute atomic E-state index is 0.0156. The Kier molecular flexibility index (Phi) is 5.65. The van der Waals surface area contributed by atoms with Gasteiger partial charge in [0.25, 0.3) is 5.91 Å². The van der Waals surface area contributed by atoms with Gasteiger partial charge in [-0.15, -0.1) is 0 Å². The van der Waals surface area contributed by atoms with Crippen molar-refractivity contribution in [3.63, 3.8) is 0 Å². The van der Waals surface area contributed by atoms with Crippen molar-refractivity contribution < 1.29 is 26.8 Å². The molecule has 2 aromatic carbocycles. The zero-order chi connectivity index (χ0) is 24.1. The summed E-state index contributed by atoms with van der Waals surface area (Å²) in [5.41, 5.74) is 1.26. The molecule has 1 aliphatic carbocycles. The van der Waals surface area contributed by atoms with Crippen LogP contribution in [0.5, 0.6) is 0 Å². The normalized spacial score (nSPS) is 23.9. The summed E-state index contributed by atoms with van der Waals surface area (Å²) in [5, 5.41) is 2.89. The highest BCUT2D eigenvalue weighted by Gasteiger charge is 2.52. The van der Waals surface area contributed by atoms with Gasteiger partial charge in [-0.25, -0.2) is 26.9 Å². The lowest BCUT2D eigenvalue weighted by molar-refractivity contribution is -0.133. The molecule has 180 valence electrons. The van der Waals surface area contributed by atoms with Gasteiger partial charge in [0.1, 0.15) is 17.2 Å². The maximum Gasteiger partial charge on any atom is 0.326 e. The van der Waals surface area contributed by atoms with E-state index < -0.39 is 38.1 Å². The number of hydrogen-bond acceptors (Lipinski definition) is 5. The van der Waals surface area contributed by atoms with E-state index in [9.17, 15) is 26.8 Å². The number of carbonyl (C=O) groups is 2. The number of rotatable bonds is 4. The van der Waals surface area contributed by atoms with Gasteiger partial charge in [-0.3, -0.25) is 9.69 Å². The Hall–Kier alpha value is -2.89. The SMILES string of the molecule is O=C1NC2(CCc3ccccc3C2)C(=O)N1CN1CCN(S(=O)(=O)c2c(F)cccc2F)CC1. The van der Waals surface area contributed by atoms with Gasteiger partial charge in [-0.05, 0) is 36.1 Å². The summed E-state index contributed by atoms with van der Waals surface area (Å²) in [6.45, 7) is 0.414. The highest BCUT2D eigenvalue weighted by molar-refractivity contribution is 7.89. The molecule has 2 aromatic rings. The molecule has 5 rings (SSSR count). The van der Waals surface area contributed by atoms with Crippen LogP contribution in [0.25, 0.3) is 0 Å². The summed E-state index contributed by atoms with van der Waals surface area (Å²) < 4.78 is 54.7. The van der Waals surface area contributed by atoms with Crippen LogP contribution in [0.15, 0.2) is 47.4 Å². The lowest BCUT2D eigenvalue weighted by Crippen LogP contribution is -2.54. The Bertz CT molecular complexity index is 1240. The van der Waals surface area contributed by atoms with E-state index in [1.54, 1.807) is 4.90 Å². The van der Waals surface area contributed by atoms with Gasteiger partial charge in [0.15, 0.2) is 4.90 Å². The topological polar surface area (TPSA) is 90.0 Å². The number of hydrogen-bond donors (Lipinski definition) is 1. The van der Waals surface area contributed by atoms with E-state index in [4.69, 9.17) is 0 Å². The molecular weight excluding hydrogens is 466 g/mol. The number of imide groups is 1. The zero-order valence-corrected chi connectivity index (χ0v) is 19.2. The fourth-order valence-corrected chi connectivity index (χ4v) is 6.53. The molecule has 1 N–H and O–H groups in total. The number of carbonyl (C=O) groups excluding carboxylic acids is 2. The molecule has 0 bridgehead atoms. The number of aryl methyl sites for hydroxylation is 1. The number of benzene rings is 2. The second-order valence-electron chi connectivity index (χ2n) is 8.91. The number of nitrogens with one attached hydrogen (secondary N) is 1. The van der Waals surface area contributed by atoms with Crippen LogP contribution >= 0.6 is 0 Å². The quantitative estimate of drug-likeness (QED) is 0.660. The number of urea groups is 1. The first kappa shape index (κ1) is 22.9. The molecule has 2 aliphatic heterocycles. The van der Waals surface area contributed by atoms with Crippen LogP contribution in [0.1, 0.15) is 17.5 Å². The molecule has 0 aromatic heterocycles. The lowest BCUT2D eigenvalue weighted by Gasteiger charge is -2.36. The molecule has 0 radical (unpaired) electrons. The van der Waals surface area contributed by atoms with Crippen molar-refractivity contribution in [2.45, 2.75) is 29.7 Å². The summed E-state index contributed by atoms with van der Waals surface area (Å²) in [5.74, 6) is -2.56. The average Bonchev–Trinajstić information content (AvgIpc) is 3.03. The van der Waals surface area contributed by atoms with E-state index in [1.807, 2.05) is 24.3 Å². The van der Waals surface area contributed by atoms with Gasteiger partial charge in [0, 0.05) is 32.6 Å². The summed E-state index contributed by atoms with van der Waals surface area (Å²) in [4.78, 5) is 28.0. The first-order valence-electron chi connectivity index (χ1n) is 11.1. The van der Waals surface area contributed by atoms with Crippen LogP contribution in [0.2, 0.25) is 0 Å². The Balaban J connectivity index is 1.25. The fourth-order valence-electron chi connectivity index (χ4n) is 5.00. The molecule has 0 saturated carbocycles. The van der Waals surface area contributed by atoms with Crippen molar-refractivity contribution in [1.82, 2.24) is 19.4 Å². The summed E-state index contributed by atoms with van der Waals surface area (Å²) in [6.07, 6.45) is 1.65. The number of amides is 3. The van der Waals surface area contributed by atoms with E-state index in [-0.39, 0.29) is 38.8 Å². The van der Waals surface area contributed by atoms with Crippen molar-refractivity contribution >= 4 is 22.0 Å². The predicted octanol–water partition coefficient (Wildman–Crippen LogP) is 1.71. The summed E-state index contributed by atoms with van der Waals surface area (Å²) in [7, 11) is -4.35. The third-order valence-electron chi connectivity index (χ3n) is 6.87. The van der Waals surface area contributed by atoms with Gasteiger partial charge < -0.3 is 5.32 Å². The van der Waals surface area contributed by atoms with Gasteiger partial charge in [-0.1, -0.05) is 30.3 Å². The lowest BCUT2D eigenvalue weighted by atomic mass is 9.78. The van der Waals surface area contributed by atoms with E-state index >= 15 is 0 Å². The van der Waals surface area contributed by atoms with Crippen LogP contribution in [-0.2, 0) is 27.7 Å². The number of nitrogens with zero attached hydrogens (tertiary/aromatic N) is 3. The monoisotopic (exact) mass is 490 g/mol. The second-order valence-corrected chi connectivity index (χ2v) is 10.8. The Morgan fingerprint density at radius 3 is 2.24 bits per heavy atom. The molecular formula is C23H24F2N4O4S. The minimum atomic E-state index is -4.35. The van der Waals surface area contributed by atoms with E-state index in [0.29, 0.717) is 19.3 Å². The average molecular weight is 491 g/mol. The maximum atomic E-state index is 14.1. The standard InChI is InChI=1S/C23H24F2N4O4S/c24-18-6-3-7-19(25)20(18)34(32,33)28-12-10-27(11-13-28)15-29-21(30)23(26-22(29)31)9-8-16-4-1-2-5-17(16)14-23/h1-7H,8-15H2,(H,26,31). The minimum Gasteiger partial charge on any atom is -0.323 e. The number of piperazine rings is 1. The van der Waals surface area contributed by atoms with E-state index in [0.717, 1.165) is 28.1 Å². The molecule has 3 aliphatic rings. The highest BCUT2D eigenvalue weighted by Crippen LogP contribution is 2.34. The molecule has 2 fully saturated rings. The number of sulfonamides is 1. The summed E-state index contributed by atoms with van der Waals surface area (Å²) in [6, 6.07) is 10.3. The second kappa shape index (κ2) is 8.40. The van der Waals surface area contributed by atoms with Gasteiger partial charge in [0.05, 0.1) is 6.67 Å². The molecule has 1 atom stereocenters. The third-order valence-corrected chi connectivity index (χ3v) is 8.82. The van der Waals surface area contributed by atoms with E-state index in [1.165, 1.54) is 10.5 Å². The predicted molar refractivity (Wildman–Crippen MR) is 118 cm³/mol. The molecule has 8 nitrogen and oxygen atoms in total. The number of halogens is 2. The molecule has 1 unspecified atom stereocenters. The van der Waals surface area contributed by atoms with Gasteiger partial charge in [0.2, 0.25) is 10.0 Å². The molecule has 11 heteroatoms. The third kappa shape index (κ3) is 3.77. The van der Waals surface area contributed by atoms with Crippen LogP contribution in [-0.4, -0.2) is 72.8 Å². The maximum absolute atomic E-state index is 14.1. The van der Waals surface area contributed by atoms with Crippen molar-refractivity contribution in [2.75, 3.05) is 32.8 Å². The Labute approximate surface area is 196 Å². The van der Waals surface area contributed by atoms with Crippen molar-refractivity contribution in [3.05, 3.63) is 65.2 Å². The van der Waals surface area contributed by atoms with Crippen molar-refractivity contribution in [1.29, 1.82) is 0 Å². The number of fused-ring (bicyclic) bond motifs is 1. The molecule has 1 spiro atoms. The van der Waals surface area contributed by atoms with Gasteiger partial charge >= 0.3 is 6.03 Å². The molecule has 34 heavy (non-hydrogen) atoms. The Morgan fingerprint density at radius 1 is 0.912 bits per heavy atom. The summed E-state index contributed by atoms with van der Waals surface area (Å²) >= 11 is 0. The first-order chi connectivity index (χ1) is 16.2. The first-order valence-corrected chi connectivity index (χ1v) is 12.5.